The number of aryl methyl sites for hydroxylation is 1. The first-order valence-electron chi connectivity index (χ1n) is 8.09. The number of carbonyl (C=O) groups is 1. The molecule has 0 bridgehead atoms. The lowest BCUT2D eigenvalue weighted by Gasteiger charge is -2.13. The number of carbonyl (C=O) groups excluding carboxylic acids is 1. The summed E-state index contributed by atoms with van der Waals surface area (Å²) >= 11 is 6.36. The molecule has 0 aliphatic carbocycles. The molecule has 0 saturated heterocycles. The summed E-state index contributed by atoms with van der Waals surface area (Å²) in [5, 5.41) is 16.5. The van der Waals surface area contributed by atoms with Gasteiger partial charge in [-0.2, -0.15) is 10.4 Å². The van der Waals surface area contributed by atoms with Gasteiger partial charge in [-0.05, 0) is 29.3 Å². The fourth-order valence-corrected chi connectivity index (χ4v) is 2.92. The minimum absolute atomic E-state index is 0.108. The van der Waals surface area contributed by atoms with Crippen LogP contribution in [0.15, 0.2) is 65.5 Å². The van der Waals surface area contributed by atoms with E-state index >= 15 is 0 Å². The second-order valence-corrected chi connectivity index (χ2v) is 6.25. The average Bonchev–Trinajstić information content (AvgIpc) is 2.67. The van der Waals surface area contributed by atoms with E-state index in [-0.39, 0.29) is 11.3 Å². The first-order valence-corrected chi connectivity index (χ1v) is 8.47. The number of nitrogens with zero attached hydrogens (tertiary/aromatic N) is 3. The van der Waals surface area contributed by atoms with E-state index in [9.17, 15) is 14.9 Å². The lowest BCUT2D eigenvalue weighted by atomic mass is 9.92. The molecule has 0 fully saturated rings. The van der Waals surface area contributed by atoms with Crippen LogP contribution in [0.3, 0.4) is 0 Å². The highest BCUT2D eigenvalue weighted by molar-refractivity contribution is 6.31. The molecule has 1 atom stereocenters. The van der Waals surface area contributed by atoms with Gasteiger partial charge in [-0.3, -0.25) is 9.59 Å². The van der Waals surface area contributed by atoms with Crippen LogP contribution < -0.4 is 10.9 Å². The van der Waals surface area contributed by atoms with Gasteiger partial charge in [0.15, 0.2) is 0 Å². The molecule has 1 amide bonds. The molecule has 0 aliphatic rings. The first-order chi connectivity index (χ1) is 13.0. The van der Waals surface area contributed by atoms with E-state index in [4.69, 9.17) is 11.6 Å². The van der Waals surface area contributed by atoms with Gasteiger partial charge >= 0.3 is 0 Å². The molecule has 6 nitrogen and oxygen atoms in total. The summed E-state index contributed by atoms with van der Waals surface area (Å²) in [5.74, 6) is -0.969. The fourth-order valence-electron chi connectivity index (χ4n) is 2.63. The Hall–Kier alpha value is -3.43. The quantitative estimate of drug-likeness (QED) is 0.754. The Morgan fingerprint density at radius 1 is 1.19 bits per heavy atom. The third-order valence-electron chi connectivity index (χ3n) is 4.02. The Kier molecular flexibility index (Phi) is 5.34. The van der Waals surface area contributed by atoms with E-state index in [1.165, 1.54) is 19.2 Å². The maximum absolute atomic E-state index is 12.3. The van der Waals surface area contributed by atoms with E-state index in [0.29, 0.717) is 16.3 Å². The molecule has 3 aromatic rings. The van der Waals surface area contributed by atoms with E-state index < -0.39 is 11.8 Å². The van der Waals surface area contributed by atoms with Crippen LogP contribution in [0.4, 0.5) is 5.69 Å². The predicted octanol–water partition coefficient (Wildman–Crippen LogP) is 3.34. The average molecular weight is 379 g/mol. The second kappa shape index (κ2) is 7.85. The molecule has 0 saturated carbocycles. The second-order valence-electron chi connectivity index (χ2n) is 5.84. The number of hydrogen-bond acceptors (Lipinski definition) is 4. The van der Waals surface area contributed by atoms with Crippen molar-refractivity contribution < 1.29 is 4.79 Å². The standard InChI is InChI=1S/C20H15ClN4O2/c1-25-19(26)10-9-18(24-25)20(27)23-14-7-8-15(17(21)11-14)16(12-22)13-5-3-2-4-6-13/h2-11,16H,1H3,(H,23,27). The minimum Gasteiger partial charge on any atom is -0.321 e. The number of benzene rings is 2. The summed E-state index contributed by atoms with van der Waals surface area (Å²) in [6.45, 7) is 0. The summed E-state index contributed by atoms with van der Waals surface area (Å²) in [6.07, 6.45) is 0. The van der Waals surface area contributed by atoms with Crippen LogP contribution in [-0.4, -0.2) is 15.7 Å². The summed E-state index contributed by atoms with van der Waals surface area (Å²) in [5.41, 5.74) is 1.77. The summed E-state index contributed by atoms with van der Waals surface area (Å²) in [4.78, 5) is 23.7. The van der Waals surface area contributed by atoms with Crippen molar-refractivity contribution in [2.75, 3.05) is 5.32 Å². The molecular formula is C20H15ClN4O2. The Bertz CT molecular complexity index is 1090. The highest BCUT2D eigenvalue weighted by atomic mass is 35.5. The van der Waals surface area contributed by atoms with Gasteiger partial charge in [-0.25, -0.2) is 4.68 Å². The van der Waals surface area contributed by atoms with Crippen LogP contribution in [0, 0.1) is 11.3 Å². The van der Waals surface area contributed by atoms with Crippen molar-refractivity contribution in [3.63, 3.8) is 0 Å². The van der Waals surface area contributed by atoms with E-state index in [1.54, 1.807) is 18.2 Å². The lowest BCUT2D eigenvalue weighted by Crippen LogP contribution is -2.23. The highest BCUT2D eigenvalue weighted by Crippen LogP contribution is 2.31. The van der Waals surface area contributed by atoms with Crippen molar-refractivity contribution in [1.82, 2.24) is 9.78 Å². The van der Waals surface area contributed by atoms with Crippen molar-refractivity contribution in [2.45, 2.75) is 5.92 Å². The Balaban J connectivity index is 1.84. The molecule has 1 unspecified atom stereocenters. The van der Waals surface area contributed by atoms with Crippen LogP contribution >= 0.6 is 11.6 Å². The van der Waals surface area contributed by atoms with Gasteiger partial charge < -0.3 is 5.32 Å². The first kappa shape index (κ1) is 18.4. The number of nitriles is 1. The van der Waals surface area contributed by atoms with Gasteiger partial charge in [-0.1, -0.05) is 48.0 Å². The number of rotatable bonds is 4. The Morgan fingerprint density at radius 3 is 2.56 bits per heavy atom. The lowest BCUT2D eigenvalue weighted by molar-refractivity contribution is 0.102. The summed E-state index contributed by atoms with van der Waals surface area (Å²) < 4.78 is 1.09. The van der Waals surface area contributed by atoms with Crippen LogP contribution in [-0.2, 0) is 7.05 Å². The molecule has 1 N–H and O–H groups in total. The Labute approximate surface area is 160 Å². The Morgan fingerprint density at radius 2 is 1.93 bits per heavy atom. The van der Waals surface area contributed by atoms with E-state index in [0.717, 1.165) is 10.2 Å². The molecule has 0 radical (unpaired) electrons. The van der Waals surface area contributed by atoms with Gasteiger partial charge in [0, 0.05) is 23.8 Å². The normalized spacial score (nSPS) is 11.4. The zero-order valence-corrected chi connectivity index (χ0v) is 15.1. The van der Waals surface area contributed by atoms with Gasteiger partial charge in [0.25, 0.3) is 11.5 Å². The van der Waals surface area contributed by atoms with Crippen molar-refractivity contribution in [1.29, 1.82) is 5.26 Å². The third kappa shape index (κ3) is 4.05. The number of nitrogens with one attached hydrogen (secondary N) is 1. The van der Waals surface area contributed by atoms with E-state index in [1.807, 2.05) is 30.3 Å². The molecular weight excluding hydrogens is 364 g/mol. The topological polar surface area (TPSA) is 87.8 Å². The number of hydrogen-bond donors (Lipinski definition) is 1. The SMILES string of the molecule is Cn1nc(C(=O)Nc2ccc(C(C#N)c3ccccc3)c(Cl)c2)ccc1=O. The maximum Gasteiger partial charge on any atom is 0.276 e. The van der Waals surface area contributed by atoms with Crippen LogP contribution in [0.25, 0.3) is 0 Å². The predicted molar refractivity (Wildman–Crippen MR) is 103 cm³/mol. The number of aromatic nitrogens is 2. The molecule has 2 aromatic carbocycles. The van der Waals surface area contributed by atoms with Crippen LogP contribution in [0.5, 0.6) is 0 Å². The van der Waals surface area contributed by atoms with Gasteiger partial charge in [0.05, 0.1) is 12.0 Å². The molecule has 27 heavy (non-hydrogen) atoms. The zero-order valence-electron chi connectivity index (χ0n) is 14.4. The van der Waals surface area contributed by atoms with Crippen LogP contribution in [0.1, 0.15) is 27.5 Å². The van der Waals surface area contributed by atoms with E-state index in [2.05, 4.69) is 16.5 Å². The molecule has 1 heterocycles. The minimum atomic E-state index is -0.506. The monoisotopic (exact) mass is 378 g/mol. The fraction of sp³-hybridized carbons (Fsp3) is 0.100. The molecule has 7 heteroatoms. The highest BCUT2D eigenvalue weighted by Gasteiger charge is 2.17. The van der Waals surface area contributed by atoms with Gasteiger partial charge in [0.2, 0.25) is 0 Å². The zero-order chi connectivity index (χ0) is 19.4. The van der Waals surface area contributed by atoms with Crippen molar-refractivity contribution in [3.05, 3.63) is 92.9 Å². The molecule has 134 valence electrons. The molecule has 0 spiro atoms. The van der Waals surface area contributed by atoms with Crippen molar-refractivity contribution in [3.8, 4) is 6.07 Å². The summed E-state index contributed by atoms with van der Waals surface area (Å²) in [6, 6.07) is 19.2. The smallest absolute Gasteiger partial charge is 0.276 e. The maximum atomic E-state index is 12.3. The molecule has 0 aliphatic heterocycles. The summed E-state index contributed by atoms with van der Waals surface area (Å²) in [7, 11) is 1.47. The van der Waals surface area contributed by atoms with Gasteiger partial charge in [-0.15, -0.1) is 0 Å². The number of anilines is 1. The number of amides is 1. The largest absolute Gasteiger partial charge is 0.321 e. The number of halogens is 1. The van der Waals surface area contributed by atoms with Crippen molar-refractivity contribution in [2.24, 2.45) is 7.05 Å². The molecule has 1 aromatic heterocycles. The molecule has 3 rings (SSSR count). The third-order valence-corrected chi connectivity index (χ3v) is 4.35. The van der Waals surface area contributed by atoms with Crippen molar-refractivity contribution >= 4 is 23.2 Å². The van der Waals surface area contributed by atoms with Gasteiger partial charge in [0.1, 0.15) is 5.69 Å². The van der Waals surface area contributed by atoms with Crippen LogP contribution in [0.2, 0.25) is 5.02 Å².